The van der Waals surface area contributed by atoms with E-state index in [4.69, 9.17) is 21.7 Å². The first-order valence-electron chi connectivity index (χ1n) is 2.43. The summed E-state index contributed by atoms with van der Waals surface area (Å²) in [6.07, 6.45) is 0. The smallest absolute Gasteiger partial charge is 0.322 e. The van der Waals surface area contributed by atoms with Crippen LogP contribution in [0.3, 0.4) is 0 Å². The Hall–Kier alpha value is -0.560. The number of aliphatic carboxylic acids is 2. The van der Waals surface area contributed by atoms with Crippen molar-refractivity contribution in [1.29, 1.82) is 0 Å². The molecule has 0 heterocycles. The molecule has 12 heavy (non-hydrogen) atoms. The summed E-state index contributed by atoms with van der Waals surface area (Å²) in [5, 5.41) is 16.3. The predicted molar refractivity (Wildman–Crippen MR) is 45.7 cm³/mol. The zero-order valence-electron chi connectivity index (χ0n) is 5.84. The van der Waals surface area contributed by atoms with Gasteiger partial charge in [0.2, 0.25) is 0 Å². The van der Waals surface area contributed by atoms with Gasteiger partial charge in [-0.05, 0) is 0 Å². The first kappa shape index (κ1) is 17.5. The number of nitrogens with two attached hydrogens (primary N) is 2. The van der Waals surface area contributed by atoms with Crippen molar-refractivity contribution < 1.29 is 19.8 Å². The zero-order chi connectivity index (χ0) is 8.31. The van der Waals surface area contributed by atoms with E-state index in [1.165, 1.54) is 0 Å². The molecule has 0 aromatic heterocycles. The second kappa shape index (κ2) is 7.11. The van der Waals surface area contributed by atoms with Gasteiger partial charge in [0.1, 0.15) is 12.1 Å². The lowest BCUT2D eigenvalue weighted by Gasteiger charge is -2.09. The van der Waals surface area contributed by atoms with Crippen molar-refractivity contribution in [2.24, 2.45) is 11.5 Å². The van der Waals surface area contributed by atoms with E-state index in [2.05, 4.69) is 0 Å². The maximum Gasteiger partial charge on any atom is 0.322 e. The van der Waals surface area contributed by atoms with E-state index >= 15 is 0 Å². The lowest BCUT2D eigenvalue weighted by atomic mass is 10.1. The van der Waals surface area contributed by atoms with Crippen LogP contribution in [-0.4, -0.2) is 34.2 Å². The Labute approximate surface area is 80.7 Å². The summed E-state index contributed by atoms with van der Waals surface area (Å²) in [4.78, 5) is 20.0. The van der Waals surface area contributed by atoms with Gasteiger partial charge in [-0.2, -0.15) is 0 Å². The van der Waals surface area contributed by atoms with Crippen molar-refractivity contribution in [2.75, 3.05) is 0 Å². The predicted octanol–water partition coefficient (Wildman–Crippen LogP) is -1.35. The number of carboxylic acid groups (broad SMARTS) is 2. The number of carboxylic acids is 2. The van der Waals surface area contributed by atoms with Gasteiger partial charge in [-0.1, -0.05) is 0 Å². The molecular weight excluding hydrogens is 211 g/mol. The molecule has 0 aromatic carbocycles. The summed E-state index contributed by atoms with van der Waals surface area (Å²) in [7, 11) is 0. The normalized spacial score (nSPS) is 13.2. The van der Waals surface area contributed by atoms with Gasteiger partial charge < -0.3 is 21.7 Å². The molecule has 8 heteroatoms. The average Bonchev–Trinajstić information content (AvgIpc) is 1.84. The second-order valence-electron chi connectivity index (χ2n) is 1.73. The Balaban J connectivity index is -0.000000405. The Bertz CT molecular complexity index is 147. The lowest BCUT2D eigenvalue weighted by molar-refractivity contribution is -0.146. The maximum absolute atomic E-state index is 9.98. The van der Waals surface area contributed by atoms with Crippen LogP contribution in [0.25, 0.3) is 0 Å². The van der Waals surface area contributed by atoms with Crippen LogP contribution in [0.4, 0.5) is 0 Å². The molecular formula is C4H10Cl2N2O4. The minimum Gasteiger partial charge on any atom is -0.480 e. The molecule has 2 unspecified atom stereocenters. The summed E-state index contributed by atoms with van der Waals surface area (Å²) in [6, 6.07) is -3.09. The third-order valence-corrected chi connectivity index (χ3v) is 0.957. The van der Waals surface area contributed by atoms with Crippen LogP contribution in [0, 0.1) is 0 Å². The molecule has 0 aliphatic heterocycles. The van der Waals surface area contributed by atoms with Gasteiger partial charge in [0.05, 0.1) is 0 Å². The van der Waals surface area contributed by atoms with Crippen molar-refractivity contribution in [1.82, 2.24) is 0 Å². The quantitative estimate of drug-likeness (QED) is 0.466. The minimum absolute atomic E-state index is 0. The number of hydrogen-bond donors (Lipinski definition) is 4. The highest BCUT2D eigenvalue weighted by Gasteiger charge is 2.26. The molecule has 0 fully saturated rings. The van der Waals surface area contributed by atoms with E-state index in [0.717, 1.165) is 0 Å². The third kappa shape index (κ3) is 5.14. The molecule has 0 bridgehead atoms. The van der Waals surface area contributed by atoms with Crippen LogP contribution in [-0.2, 0) is 9.59 Å². The van der Waals surface area contributed by atoms with Crippen molar-refractivity contribution >= 4 is 36.8 Å². The summed E-state index contributed by atoms with van der Waals surface area (Å²) in [5.74, 6) is -2.84. The van der Waals surface area contributed by atoms with E-state index in [1.807, 2.05) is 0 Å². The molecule has 0 aliphatic carbocycles. The van der Waals surface area contributed by atoms with Crippen LogP contribution in [0.15, 0.2) is 0 Å². The number of rotatable bonds is 3. The fourth-order valence-electron chi connectivity index (χ4n) is 0.307. The van der Waals surface area contributed by atoms with Crippen molar-refractivity contribution in [2.45, 2.75) is 12.1 Å². The lowest BCUT2D eigenvalue weighted by Crippen LogP contribution is -2.51. The molecule has 6 nitrogen and oxygen atoms in total. The molecule has 0 aliphatic rings. The summed E-state index contributed by atoms with van der Waals surface area (Å²) < 4.78 is 0. The van der Waals surface area contributed by atoms with Gasteiger partial charge in [0, 0.05) is 0 Å². The number of hydrogen-bond acceptors (Lipinski definition) is 4. The third-order valence-electron chi connectivity index (χ3n) is 0.957. The first-order chi connectivity index (χ1) is 4.46. The highest BCUT2D eigenvalue weighted by Crippen LogP contribution is 1.86. The summed E-state index contributed by atoms with van der Waals surface area (Å²) >= 11 is 0. The van der Waals surface area contributed by atoms with Gasteiger partial charge >= 0.3 is 11.9 Å². The molecule has 0 spiro atoms. The van der Waals surface area contributed by atoms with E-state index in [9.17, 15) is 9.59 Å². The van der Waals surface area contributed by atoms with Crippen molar-refractivity contribution in [3.8, 4) is 0 Å². The molecule has 0 radical (unpaired) electrons. The standard InChI is InChI=1S/C4H8N2O4.2ClH/c5-1(3(7)8)2(6)4(9)10;;/h1-2H,5-6H2,(H,7,8)(H,9,10);2*1H. The Kier molecular flexibility index (Phi) is 10.4. The van der Waals surface area contributed by atoms with E-state index in [1.54, 1.807) is 0 Å². The highest BCUT2D eigenvalue weighted by atomic mass is 35.5. The van der Waals surface area contributed by atoms with Gasteiger partial charge in [-0.15, -0.1) is 24.8 Å². The average molecular weight is 221 g/mol. The topological polar surface area (TPSA) is 127 Å². The van der Waals surface area contributed by atoms with E-state index in [0.29, 0.717) is 0 Å². The van der Waals surface area contributed by atoms with Crippen molar-refractivity contribution in [3.05, 3.63) is 0 Å². The molecule has 0 aromatic rings. The Morgan fingerprint density at radius 1 is 0.917 bits per heavy atom. The Morgan fingerprint density at radius 2 is 1.08 bits per heavy atom. The van der Waals surface area contributed by atoms with E-state index < -0.39 is 24.0 Å². The summed E-state index contributed by atoms with van der Waals surface area (Å²) in [5.41, 5.74) is 9.71. The van der Waals surface area contributed by atoms with Crippen LogP contribution in [0.2, 0.25) is 0 Å². The SMILES string of the molecule is Cl.Cl.NC(C(=O)O)C(N)C(=O)O. The van der Waals surface area contributed by atoms with E-state index in [-0.39, 0.29) is 24.8 Å². The van der Waals surface area contributed by atoms with Gasteiger partial charge in [-0.25, -0.2) is 0 Å². The van der Waals surface area contributed by atoms with Crippen LogP contribution >= 0.6 is 24.8 Å². The minimum atomic E-state index is -1.54. The van der Waals surface area contributed by atoms with Gasteiger partial charge in [0.15, 0.2) is 0 Å². The maximum atomic E-state index is 9.98. The molecule has 6 N–H and O–H groups in total. The summed E-state index contributed by atoms with van der Waals surface area (Å²) in [6.45, 7) is 0. The van der Waals surface area contributed by atoms with Gasteiger partial charge in [-0.3, -0.25) is 9.59 Å². The van der Waals surface area contributed by atoms with Crippen LogP contribution < -0.4 is 11.5 Å². The largest absolute Gasteiger partial charge is 0.480 e. The van der Waals surface area contributed by atoms with Crippen LogP contribution in [0.1, 0.15) is 0 Å². The molecule has 2 atom stereocenters. The number of carbonyl (C=O) groups is 2. The first-order valence-corrected chi connectivity index (χ1v) is 2.43. The number of halogens is 2. The molecule has 0 rings (SSSR count). The fraction of sp³-hybridized carbons (Fsp3) is 0.500. The van der Waals surface area contributed by atoms with Crippen molar-refractivity contribution in [3.63, 3.8) is 0 Å². The molecule has 0 saturated heterocycles. The molecule has 0 saturated carbocycles. The van der Waals surface area contributed by atoms with Crippen LogP contribution in [0.5, 0.6) is 0 Å². The second-order valence-corrected chi connectivity index (χ2v) is 1.73. The highest BCUT2D eigenvalue weighted by molar-refractivity contribution is 5.85. The molecule has 0 amide bonds. The zero-order valence-corrected chi connectivity index (χ0v) is 7.47. The monoisotopic (exact) mass is 220 g/mol. The Morgan fingerprint density at radius 3 is 1.17 bits per heavy atom. The molecule has 74 valence electrons. The van der Waals surface area contributed by atoms with Gasteiger partial charge in [0.25, 0.3) is 0 Å². The fourth-order valence-corrected chi connectivity index (χ4v) is 0.307.